The number of hydrogen-bond acceptors (Lipinski definition) is 3. The Balaban J connectivity index is 2.07. The van der Waals surface area contributed by atoms with Gasteiger partial charge in [0.1, 0.15) is 5.75 Å². The first kappa shape index (κ1) is 13.4. The minimum atomic E-state index is 0.723. The molecular weight excluding hydrogens is 260 g/mol. The van der Waals surface area contributed by atoms with Gasteiger partial charge in [-0.15, -0.1) is 0 Å². The van der Waals surface area contributed by atoms with Crippen molar-refractivity contribution >= 4 is 23.5 Å². The Labute approximate surface area is 118 Å². The van der Waals surface area contributed by atoms with Crippen LogP contribution in [0.15, 0.2) is 53.6 Å². The molecule has 0 N–H and O–H groups in total. The molecule has 0 aliphatic carbocycles. The van der Waals surface area contributed by atoms with Crippen molar-refractivity contribution in [3.8, 4) is 5.75 Å². The molecular formula is C15H15ClN2O. The first-order valence-corrected chi connectivity index (χ1v) is 6.24. The van der Waals surface area contributed by atoms with Gasteiger partial charge in [-0.25, -0.2) is 0 Å². The van der Waals surface area contributed by atoms with E-state index in [0.29, 0.717) is 0 Å². The van der Waals surface area contributed by atoms with Gasteiger partial charge in [-0.2, -0.15) is 5.10 Å². The lowest BCUT2D eigenvalue weighted by Gasteiger charge is -2.13. The molecule has 0 saturated carbocycles. The summed E-state index contributed by atoms with van der Waals surface area (Å²) in [5.74, 6) is 0.832. The zero-order valence-electron chi connectivity index (χ0n) is 10.9. The summed E-state index contributed by atoms with van der Waals surface area (Å²) in [6.07, 6.45) is 1.79. The molecule has 0 fully saturated rings. The highest BCUT2D eigenvalue weighted by Gasteiger charge is 1.98. The van der Waals surface area contributed by atoms with E-state index < -0.39 is 0 Å². The van der Waals surface area contributed by atoms with Crippen molar-refractivity contribution in [2.75, 3.05) is 19.2 Å². The summed E-state index contributed by atoms with van der Waals surface area (Å²) in [4.78, 5) is 0. The molecule has 0 heterocycles. The van der Waals surface area contributed by atoms with E-state index >= 15 is 0 Å². The highest BCUT2D eigenvalue weighted by Crippen LogP contribution is 2.18. The van der Waals surface area contributed by atoms with Gasteiger partial charge in [0.25, 0.3) is 0 Å². The summed E-state index contributed by atoms with van der Waals surface area (Å²) in [6, 6.07) is 15.3. The number of ether oxygens (including phenoxy) is 1. The molecule has 0 aromatic heterocycles. The van der Waals surface area contributed by atoms with Crippen molar-refractivity contribution in [2.45, 2.75) is 0 Å². The Morgan fingerprint density at radius 3 is 2.26 bits per heavy atom. The number of benzene rings is 2. The van der Waals surface area contributed by atoms with Crippen LogP contribution in [0.5, 0.6) is 5.75 Å². The Hall–Kier alpha value is -2.00. The molecule has 0 saturated heterocycles. The number of rotatable bonds is 4. The third-order valence-corrected chi connectivity index (χ3v) is 2.95. The lowest BCUT2D eigenvalue weighted by Crippen LogP contribution is -2.08. The van der Waals surface area contributed by atoms with Crippen molar-refractivity contribution in [3.05, 3.63) is 59.1 Å². The molecule has 98 valence electrons. The molecule has 0 aliphatic rings. The minimum absolute atomic E-state index is 0.723. The first-order valence-electron chi connectivity index (χ1n) is 5.86. The van der Waals surface area contributed by atoms with Crippen LogP contribution in [0.4, 0.5) is 5.69 Å². The van der Waals surface area contributed by atoms with E-state index in [1.165, 1.54) is 0 Å². The number of hydrogen-bond donors (Lipinski definition) is 0. The number of halogens is 1. The number of anilines is 1. The van der Waals surface area contributed by atoms with Crippen molar-refractivity contribution in [1.29, 1.82) is 0 Å². The summed E-state index contributed by atoms with van der Waals surface area (Å²) in [5, 5.41) is 6.90. The van der Waals surface area contributed by atoms with Crippen molar-refractivity contribution in [1.82, 2.24) is 0 Å². The van der Waals surface area contributed by atoms with E-state index in [4.69, 9.17) is 16.3 Å². The van der Waals surface area contributed by atoms with Gasteiger partial charge in [-0.1, -0.05) is 23.7 Å². The summed E-state index contributed by atoms with van der Waals surface area (Å²) in [5.41, 5.74) is 2.00. The Bertz CT molecular complexity index is 549. The van der Waals surface area contributed by atoms with Crippen LogP contribution in [-0.2, 0) is 0 Å². The minimum Gasteiger partial charge on any atom is -0.497 e. The average molecular weight is 275 g/mol. The first-order chi connectivity index (χ1) is 9.19. The van der Waals surface area contributed by atoms with Crippen LogP contribution in [0.3, 0.4) is 0 Å². The molecule has 2 aromatic carbocycles. The van der Waals surface area contributed by atoms with Gasteiger partial charge in [-0.3, -0.25) is 5.01 Å². The van der Waals surface area contributed by atoms with Crippen LogP contribution >= 0.6 is 11.6 Å². The number of nitrogens with zero attached hydrogens (tertiary/aromatic N) is 2. The molecule has 0 bridgehead atoms. The topological polar surface area (TPSA) is 24.8 Å². The lowest BCUT2D eigenvalue weighted by atomic mass is 10.2. The fraction of sp³-hybridized carbons (Fsp3) is 0.133. The van der Waals surface area contributed by atoms with E-state index in [2.05, 4.69) is 5.10 Å². The van der Waals surface area contributed by atoms with Gasteiger partial charge in [0.15, 0.2) is 0 Å². The Morgan fingerprint density at radius 2 is 1.68 bits per heavy atom. The number of methoxy groups -OCH3 is 1. The van der Waals surface area contributed by atoms with Gasteiger partial charge >= 0.3 is 0 Å². The van der Waals surface area contributed by atoms with Gasteiger partial charge < -0.3 is 4.74 Å². The predicted molar refractivity (Wildman–Crippen MR) is 80.4 cm³/mol. The third-order valence-electron chi connectivity index (χ3n) is 2.70. The largest absolute Gasteiger partial charge is 0.497 e. The van der Waals surface area contributed by atoms with Crippen molar-refractivity contribution < 1.29 is 4.74 Å². The summed E-state index contributed by atoms with van der Waals surface area (Å²) >= 11 is 5.83. The van der Waals surface area contributed by atoms with E-state index in [-0.39, 0.29) is 0 Å². The van der Waals surface area contributed by atoms with E-state index in [1.807, 2.05) is 55.6 Å². The molecule has 0 spiro atoms. The van der Waals surface area contributed by atoms with Crippen LogP contribution in [0, 0.1) is 0 Å². The fourth-order valence-electron chi connectivity index (χ4n) is 1.57. The standard InChI is InChI=1S/C15H15ClN2O/c1-18(14-7-9-15(19-2)10-8-14)17-11-12-3-5-13(16)6-4-12/h3-11H,1-2H3/b17-11+. The maximum Gasteiger partial charge on any atom is 0.119 e. The second-order valence-electron chi connectivity index (χ2n) is 4.02. The van der Waals surface area contributed by atoms with Gasteiger partial charge in [0, 0.05) is 12.1 Å². The zero-order valence-corrected chi connectivity index (χ0v) is 11.6. The smallest absolute Gasteiger partial charge is 0.119 e. The van der Waals surface area contributed by atoms with E-state index in [9.17, 15) is 0 Å². The average Bonchev–Trinajstić information content (AvgIpc) is 2.46. The third kappa shape index (κ3) is 3.73. The molecule has 0 atom stereocenters. The zero-order chi connectivity index (χ0) is 13.7. The normalized spacial score (nSPS) is 10.7. The highest BCUT2D eigenvalue weighted by molar-refractivity contribution is 6.30. The Kier molecular flexibility index (Phi) is 4.42. The number of hydrazone groups is 1. The molecule has 2 aromatic rings. The molecule has 2 rings (SSSR count). The quantitative estimate of drug-likeness (QED) is 0.625. The van der Waals surface area contributed by atoms with Crippen LogP contribution in [0.25, 0.3) is 0 Å². The maximum absolute atomic E-state index is 5.83. The fourth-order valence-corrected chi connectivity index (χ4v) is 1.69. The molecule has 4 heteroatoms. The molecule has 19 heavy (non-hydrogen) atoms. The van der Waals surface area contributed by atoms with Crippen molar-refractivity contribution in [2.24, 2.45) is 5.10 Å². The monoisotopic (exact) mass is 274 g/mol. The van der Waals surface area contributed by atoms with Crippen LogP contribution in [-0.4, -0.2) is 20.4 Å². The molecule has 0 aliphatic heterocycles. The maximum atomic E-state index is 5.83. The summed E-state index contributed by atoms with van der Waals surface area (Å²) in [6.45, 7) is 0. The van der Waals surface area contributed by atoms with Gasteiger partial charge in [0.05, 0.1) is 19.0 Å². The van der Waals surface area contributed by atoms with E-state index in [1.54, 1.807) is 18.3 Å². The predicted octanol–water partition coefficient (Wildman–Crippen LogP) is 3.82. The lowest BCUT2D eigenvalue weighted by molar-refractivity contribution is 0.415. The van der Waals surface area contributed by atoms with E-state index in [0.717, 1.165) is 22.0 Å². The molecule has 3 nitrogen and oxygen atoms in total. The van der Waals surface area contributed by atoms with Gasteiger partial charge in [-0.05, 0) is 42.0 Å². The molecule has 0 radical (unpaired) electrons. The highest BCUT2D eigenvalue weighted by atomic mass is 35.5. The SMILES string of the molecule is COc1ccc(N(C)/N=C/c2ccc(Cl)cc2)cc1. The van der Waals surface area contributed by atoms with Gasteiger partial charge in [0.2, 0.25) is 0 Å². The Morgan fingerprint density at radius 1 is 1.05 bits per heavy atom. The van der Waals surface area contributed by atoms with Crippen molar-refractivity contribution in [3.63, 3.8) is 0 Å². The molecule has 0 amide bonds. The second kappa shape index (κ2) is 6.25. The van der Waals surface area contributed by atoms with Crippen LogP contribution in [0.2, 0.25) is 5.02 Å². The summed E-state index contributed by atoms with van der Waals surface area (Å²) < 4.78 is 5.12. The second-order valence-corrected chi connectivity index (χ2v) is 4.45. The van der Waals surface area contributed by atoms with Crippen LogP contribution < -0.4 is 9.75 Å². The molecule has 0 unspecified atom stereocenters. The van der Waals surface area contributed by atoms with Crippen LogP contribution in [0.1, 0.15) is 5.56 Å². The summed E-state index contributed by atoms with van der Waals surface area (Å²) in [7, 11) is 3.55.